The van der Waals surface area contributed by atoms with Crippen molar-refractivity contribution in [3.8, 4) is 5.75 Å². The lowest BCUT2D eigenvalue weighted by molar-refractivity contribution is -0.386. The summed E-state index contributed by atoms with van der Waals surface area (Å²) in [6.07, 6.45) is 0.492. The molecule has 0 bridgehead atoms. The Balaban J connectivity index is 3.29. The minimum Gasteiger partial charge on any atom is -0.480 e. The lowest BCUT2D eigenvalue weighted by Crippen LogP contribution is -2.52. The summed E-state index contributed by atoms with van der Waals surface area (Å²) in [4.78, 5) is 14.0. The molecule has 0 aliphatic heterocycles. The predicted molar refractivity (Wildman–Crippen MR) is 122 cm³/mol. The normalized spacial score (nSPS) is 15.0. The Morgan fingerprint density at radius 1 is 1.17 bits per heavy atom. The zero-order chi connectivity index (χ0) is 23.1. The lowest BCUT2D eigenvalue weighted by Gasteiger charge is -2.44. The lowest BCUT2D eigenvalue weighted by atomic mass is 9.94. The van der Waals surface area contributed by atoms with Crippen LogP contribution in [0.25, 0.3) is 10.4 Å². The van der Waals surface area contributed by atoms with E-state index in [2.05, 4.69) is 51.6 Å². The first-order valence-corrected chi connectivity index (χ1v) is 12.7. The second kappa shape index (κ2) is 10.8. The van der Waals surface area contributed by atoms with E-state index < -0.39 is 24.9 Å². The number of ether oxygens (including phenoxy) is 1. The smallest absolute Gasteiger partial charge is 0.310 e. The van der Waals surface area contributed by atoms with Gasteiger partial charge in [-0.2, -0.15) is 0 Å². The SMILES string of the molecule is CC[C@@](C)(Oc1ccccc1[N+](=O)[O-])[C@@H](CO[Si](C(C)C)(C(C)C)C(C)C)N=[N+]=[N-]. The van der Waals surface area contributed by atoms with E-state index in [1.165, 1.54) is 6.07 Å². The van der Waals surface area contributed by atoms with Crippen molar-refractivity contribution in [3.63, 3.8) is 0 Å². The van der Waals surface area contributed by atoms with Gasteiger partial charge in [0.15, 0.2) is 14.1 Å². The van der Waals surface area contributed by atoms with Gasteiger partial charge in [0.2, 0.25) is 0 Å². The number of hydrogen-bond donors (Lipinski definition) is 0. The first kappa shape index (κ1) is 25.9. The number of azide groups is 1. The van der Waals surface area contributed by atoms with Gasteiger partial charge in [0.1, 0.15) is 5.60 Å². The summed E-state index contributed by atoms with van der Waals surface area (Å²) in [6, 6.07) is 5.62. The Hall–Kier alpha value is -2.09. The molecule has 1 rings (SSSR count). The largest absolute Gasteiger partial charge is 0.480 e. The molecule has 0 aliphatic carbocycles. The molecule has 0 saturated heterocycles. The van der Waals surface area contributed by atoms with Crippen LogP contribution in [-0.2, 0) is 4.43 Å². The van der Waals surface area contributed by atoms with Crippen LogP contribution in [-0.4, -0.2) is 31.5 Å². The fourth-order valence-electron chi connectivity index (χ4n) is 4.44. The summed E-state index contributed by atoms with van der Waals surface area (Å²) in [5, 5.41) is 15.4. The van der Waals surface area contributed by atoms with Crippen LogP contribution in [0.2, 0.25) is 16.6 Å². The summed E-state index contributed by atoms with van der Waals surface area (Å²) in [5.74, 6) is 0.157. The highest BCUT2D eigenvalue weighted by Crippen LogP contribution is 2.43. The molecule has 0 fully saturated rings. The fraction of sp³-hybridized carbons (Fsp3) is 0.714. The second-order valence-electron chi connectivity index (χ2n) is 8.84. The molecule has 0 radical (unpaired) electrons. The van der Waals surface area contributed by atoms with Crippen LogP contribution < -0.4 is 4.74 Å². The van der Waals surface area contributed by atoms with Crippen molar-refractivity contribution in [1.29, 1.82) is 0 Å². The number of rotatable bonds is 12. The van der Waals surface area contributed by atoms with Crippen LogP contribution in [0.1, 0.15) is 61.8 Å². The third-order valence-corrected chi connectivity index (χ3v) is 12.3. The number of benzene rings is 1. The standard InChI is InChI=1S/C21H36N4O4Si/c1-9-21(8,29-19-13-11-10-12-18(19)25(26)27)20(23-24-22)14-28-30(15(2)3,16(4)5)17(6)7/h10-13,15-17,20H,9,14H2,1-8H3/t20-,21-/m1/s1. The van der Waals surface area contributed by atoms with Gasteiger partial charge in [0.05, 0.1) is 11.0 Å². The molecule has 9 heteroatoms. The number of nitrogens with zero attached hydrogens (tertiary/aromatic N) is 4. The Labute approximate surface area is 180 Å². The van der Waals surface area contributed by atoms with Gasteiger partial charge in [-0.15, -0.1) is 0 Å². The van der Waals surface area contributed by atoms with Gasteiger partial charge in [0.25, 0.3) is 0 Å². The maximum atomic E-state index is 11.4. The Morgan fingerprint density at radius 3 is 2.13 bits per heavy atom. The number of para-hydroxylation sites is 2. The van der Waals surface area contributed by atoms with E-state index in [-0.39, 0.29) is 18.0 Å². The first-order chi connectivity index (χ1) is 14.0. The average Bonchev–Trinajstić information content (AvgIpc) is 2.66. The van der Waals surface area contributed by atoms with Gasteiger partial charge in [0, 0.05) is 17.6 Å². The van der Waals surface area contributed by atoms with Gasteiger partial charge >= 0.3 is 5.69 Å². The molecular weight excluding hydrogens is 400 g/mol. The summed E-state index contributed by atoms with van der Waals surface area (Å²) in [5.41, 5.74) is 9.29. The van der Waals surface area contributed by atoms with Gasteiger partial charge in [-0.3, -0.25) is 10.1 Å². The molecule has 0 aromatic heterocycles. The summed E-state index contributed by atoms with van der Waals surface area (Å²) in [6.45, 7) is 17.1. The monoisotopic (exact) mass is 436 g/mol. The number of nitro groups is 1. The van der Waals surface area contributed by atoms with Crippen molar-refractivity contribution in [2.75, 3.05) is 6.61 Å². The Kier molecular flexibility index (Phi) is 9.33. The average molecular weight is 437 g/mol. The third-order valence-electron chi connectivity index (χ3n) is 6.20. The van der Waals surface area contributed by atoms with E-state index in [1.54, 1.807) is 18.2 Å². The van der Waals surface area contributed by atoms with Gasteiger partial charge < -0.3 is 9.16 Å². The van der Waals surface area contributed by atoms with Crippen LogP contribution >= 0.6 is 0 Å². The minimum absolute atomic E-state index is 0.118. The molecule has 1 aromatic rings. The number of hydrogen-bond acceptors (Lipinski definition) is 5. The molecule has 8 nitrogen and oxygen atoms in total. The summed E-state index contributed by atoms with van der Waals surface area (Å²) < 4.78 is 12.8. The fourth-order valence-corrected chi connectivity index (χ4v) is 9.89. The molecule has 1 aromatic carbocycles. The molecule has 0 saturated carbocycles. The molecule has 0 unspecified atom stereocenters. The highest BCUT2D eigenvalue weighted by molar-refractivity contribution is 6.77. The molecule has 0 spiro atoms. The zero-order valence-corrected chi connectivity index (χ0v) is 20.5. The van der Waals surface area contributed by atoms with Crippen molar-refractivity contribution >= 4 is 14.0 Å². The molecule has 30 heavy (non-hydrogen) atoms. The Morgan fingerprint density at radius 2 is 1.70 bits per heavy atom. The van der Waals surface area contributed by atoms with Crippen molar-refractivity contribution in [3.05, 3.63) is 44.8 Å². The second-order valence-corrected chi connectivity index (χ2v) is 14.3. The Bertz CT molecular complexity index is 743. The molecule has 0 N–H and O–H groups in total. The van der Waals surface area contributed by atoms with Gasteiger partial charge in [-0.25, -0.2) is 0 Å². The van der Waals surface area contributed by atoms with Gasteiger partial charge in [-0.05, 0) is 41.6 Å². The van der Waals surface area contributed by atoms with Crippen LogP contribution in [0.15, 0.2) is 29.4 Å². The van der Waals surface area contributed by atoms with Crippen LogP contribution in [0.5, 0.6) is 5.75 Å². The maximum absolute atomic E-state index is 11.4. The topological polar surface area (TPSA) is 110 Å². The van der Waals surface area contributed by atoms with Crippen LogP contribution in [0.3, 0.4) is 0 Å². The molecular formula is C21H36N4O4Si. The molecule has 168 valence electrons. The van der Waals surface area contributed by atoms with E-state index in [0.29, 0.717) is 23.0 Å². The van der Waals surface area contributed by atoms with E-state index >= 15 is 0 Å². The third kappa shape index (κ3) is 5.53. The summed E-state index contributed by atoms with van der Waals surface area (Å²) >= 11 is 0. The van der Waals surface area contributed by atoms with E-state index in [4.69, 9.17) is 9.16 Å². The van der Waals surface area contributed by atoms with E-state index in [9.17, 15) is 15.6 Å². The molecule has 2 atom stereocenters. The molecule has 0 heterocycles. The van der Waals surface area contributed by atoms with Crippen molar-refractivity contribution < 1.29 is 14.1 Å². The molecule has 0 amide bonds. The van der Waals surface area contributed by atoms with Crippen LogP contribution in [0.4, 0.5) is 5.69 Å². The maximum Gasteiger partial charge on any atom is 0.310 e. The zero-order valence-electron chi connectivity index (χ0n) is 19.5. The predicted octanol–water partition coefficient (Wildman–Crippen LogP) is 7.01. The highest BCUT2D eigenvalue weighted by Gasteiger charge is 2.47. The number of nitro benzene ring substituents is 1. The highest BCUT2D eigenvalue weighted by atomic mass is 28.4. The quantitative estimate of drug-likeness (QED) is 0.0875. The van der Waals surface area contributed by atoms with Crippen molar-refractivity contribution in [2.24, 2.45) is 5.11 Å². The van der Waals surface area contributed by atoms with E-state index in [1.807, 2.05) is 13.8 Å². The summed E-state index contributed by atoms with van der Waals surface area (Å²) in [7, 11) is -2.18. The first-order valence-electron chi connectivity index (χ1n) is 10.6. The van der Waals surface area contributed by atoms with Gasteiger partial charge in [-0.1, -0.05) is 65.7 Å². The minimum atomic E-state index is -2.18. The van der Waals surface area contributed by atoms with Crippen molar-refractivity contribution in [2.45, 2.75) is 90.1 Å². The van der Waals surface area contributed by atoms with E-state index in [0.717, 1.165) is 0 Å². The molecule has 0 aliphatic rings. The van der Waals surface area contributed by atoms with Crippen LogP contribution in [0, 0.1) is 10.1 Å². The van der Waals surface area contributed by atoms with Crippen molar-refractivity contribution in [1.82, 2.24) is 0 Å².